The van der Waals surface area contributed by atoms with Crippen molar-refractivity contribution in [3.8, 4) is 0 Å². The number of aryl methyl sites for hydroxylation is 12. The van der Waals surface area contributed by atoms with Crippen LogP contribution in [0.1, 0.15) is 327 Å². The van der Waals surface area contributed by atoms with E-state index in [2.05, 4.69) is 429 Å². The number of H-pyrrole nitrogens is 8. The van der Waals surface area contributed by atoms with Gasteiger partial charge in [-0.3, -0.25) is 19.9 Å². The third kappa shape index (κ3) is 16.2. The first-order chi connectivity index (χ1) is 70.5. The van der Waals surface area contributed by atoms with E-state index in [1.807, 2.05) is 6.92 Å². The van der Waals surface area contributed by atoms with Crippen LogP contribution in [0.3, 0.4) is 0 Å². The van der Waals surface area contributed by atoms with Gasteiger partial charge < -0.3 is 39.9 Å². The molecule has 149 heavy (non-hydrogen) atoms. The van der Waals surface area contributed by atoms with Crippen LogP contribution in [0.5, 0.6) is 0 Å². The highest BCUT2D eigenvalue weighted by Gasteiger charge is 2.48. The van der Waals surface area contributed by atoms with Crippen LogP contribution in [0.4, 0.5) is 0 Å². The molecular formula is C133H148N16. The fraction of sp³-hybridized carbons (Fsp3) is 0.338. The second kappa shape index (κ2) is 37.0. The van der Waals surface area contributed by atoms with E-state index in [1.165, 1.54) is 189 Å². The van der Waals surface area contributed by atoms with Crippen molar-refractivity contribution in [2.45, 2.75) is 285 Å². The molecule has 12 aliphatic rings. The van der Waals surface area contributed by atoms with Crippen molar-refractivity contribution < 1.29 is 0 Å². The Bertz CT molecular complexity index is 8870. The smallest absolute Gasteiger partial charge is 0.0696 e. The van der Waals surface area contributed by atoms with Crippen LogP contribution in [0.25, 0.3) is 135 Å². The van der Waals surface area contributed by atoms with Crippen LogP contribution in [0, 0.1) is 128 Å². The van der Waals surface area contributed by atoms with Gasteiger partial charge >= 0.3 is 0 Å². The first kappa shape index (κ1) is 102. The molecule has 11 aromatic heterocycles. The molecule has 8 N–H and O–H groups in total. The normalized spacial score (nSPS) is 21.6. The van der Waals surface area contributed by atoms with Crippen molar-refractivity contribution in [2.75, 3.05) is 0 Å². The number of nitrogens with zero attached hydrogens (tertiary/aromatic N) is 8. The summed E-state index contributed by atoms with van der Waals surface area (Å²) in [6, 6.07) is 26.8. The quantitative estimate of drug-likeness (QED) is 0.0802. The zero-order valence-corrected chi connectivity index (χ0v) is 94.9. The molecule has 24 bridgehead atoms. The largest absolute Gasteiger partial charge is 0.355 e. The Morgan fingerprint density at radius 1 is 0.282 bits per heavy atom. The van der Waals surface area contributed by atoms with Gasteiger partial charge in [-0.15, -0.1) is 0 Å². The minimum absolute atomic E-state index is 0.143. The van der Waals surface area contributed by atoms with E-state index in [9.17, 15) is 0 Å². The van der Waals surface area contributed by atoms with Gasteiger partial charge in [0.15, 0.2) is 0 Å². The highest BCUT2D eigenvalue weighted by molar-refractivity contribution is 6.23. The van der Waals surface area contributed by atoms with Crippen molar-refractivity contribution in [3.05, 3.63) is 356 Å². The maximum atomic E-state index is 5.32. The summed E-state index contributed by atoms with van der Waals surface area (Å²) in [5.41, 5.74) is 74.2. The molecule has 0 radical (unpaired) electrons. The first-order valence-electron chi connectivity index (χ1n) is 53.4. The summed E-state index contributed by atoms with van der Waals surface area (Å²) in [6.07, 6.45) is 26.6. The van der Waals surface area contributed by atoms with E-state index in [1.54, 1.807) is 0 Å². The maximum Gasteiger partial charge on any atom is 0.0696 e. The van der Waals surface area contributed by atoms with Gasteiger partial charge in [-0.25, -0.2) is 19.9 Å². The minimum atomic E-state index is -0.239. The molecule has 19 heterocycles. The summed E-state index contributed by atoms with van der Waals surface area (Å²) in [4.78, 5) is 70.5. The molecule has 8 aliphatic heterocycles. The lowest BCUT2D eigenvalue weighted by Gasteiger charge is -2.36. The molecule has 6 atom stereocenters. The molecular weight excluding hydrogens is 1820 g/mol. The maximum absolute atomic E-state index is 5.32. The number of aromatic nitrogens is 14. The highest BCUT2D eigenvalue weighted by Crippen LogP contribution is 2.57. The summed E-state index contributed by atoms with van der Waals surface area (Å²) < 4.78 is 0. The predicted molar refractivity (Wildman–Crippen MR) is 632 cm³/mol. The van der Waals surface area contributed by atoms with Crippen molar-refractivity contribution in [3.63, 3.8) is 0 Å². The molecule has 6 unspecified atom stereocenters. The second-order valence-electron chi connectivity index (χ2n) is 45.5. The van der Waals surface area contributed by atoms with E-state index < -0.39 is 0 Å². The monoisotopic (exact) mass is 1970 g/mol. The summed E-state index contributed by atoms with van der Waals surface area (Å²) >= 11 is 0. The van der Waals surface area contributed by atoms with E-state index in [4.69, 9.17) is 39.9 Å². The topological polar surface area (TPSA) is 228 Å². The van der Waals surface area contributed by atoms with Crippen molar-refractivity contribution in [1.82, 2.24) is 69.8 Å². The van der Waals surface area contributed by atoms with Gasteiger partial charge in [0.25, 0.3) is 0 Å². The highest BCUT2D eigenvalue weighted by atomic mass is 14.9. The fourth-order valence-electron chi connectivity index (χ4n) is 24.1. The fourth-order valence-corrected chi connectivity index (χ4v) is 24.1. The summed E-state index contributed by atoms with van der Waals surface area (Å²) in [6.45, 7) is 82.0. The summed E-state index contributed by atoms with van der Waals surface area (Å²) in [5, 5.41) is 2.24. The Morgan fingerprint density at radius 2 is 0.584 bits per heavy atom. The predicted octanol–water partition coefficient (Wildman–Crippen LogP) is 32.4. The van der Waals surface area contributed by atoms with E-state index in [0.717, 1.165) is 187 Å². The zero-order chi connectivity index (χ0) is 107. The van der Waals surface area contributed by atoms with Gasteiger partial charge in [0.1, 0.15) is 0 Å². The Balaban J connectivity index is 0.000000120. The molecule has 0 saturated carbocycles. The molecule has 23 rings (SSSR count). The van der Waals surface area contributed by atoms with Crippen molar-refractivity contribution >= 4 is 147 Å². The molecule has 16 nitrogen and oxygen atoms in total. The van der Waals surface area contributed by atoms with Crippen LogP contribution in [-0.4, -0.2) is 81.7 Å². The lowest BCUT2D eigenvalue weighted by Crippen LogP contribution is -2.31. The van der Waals surface area contributed by atoms with E-state index in [0.29, 0.717) is 11.8 Å². The van der Waals surface area contributed by atoms with Crippen LogP contribution in [0.2, 0.25) is 0 Å². The van der Waals surface area contributed by atoms with Crippen LogP contribution in [0.15, 0.2) is 187 Å². The average molecular weight is 1970 g/mol. The van der Waals surface area contributed by atoms with Crippen molar-refractivity contribution in [2.24, 2.45) is 27.2 Å². The SMILES string of the molecule is C/C=C1\N=C(C=c2[nH]/c(=C\c3[nH]c(/C=C4\N=CC5=CCC(C)=C(C)C54C)c(C)c3C)c(C)c2C)C(C)=C1C.CC1=C(C)C2(C)C(=CC1)c1cc3[nH]c(cc4nc(cc5[nH]c(cc2n1)c(C)c5C)C(C)=C4C)c(C)c3C.CC1=CC=C2c3cc4[nH]c(cc5nc(cc6[nH]c(cc(n3)C2(C)C1C)c(C)c6C)C(C)=C5C)c(C)c4C.CC1=CC=C2c3cc4[nH]c(cc5nc(cc6[nH]c(cc(n3)C2(C)C1C)c(C)c6C)C(C)=C5C)c(C)c4C. The lowest BCUT2D eigenvalue weighted by atomic mass is 9.65. The van der Waals surface area contributed by atoms with Gasteiger partial charge in [0.05, 0.1) is 96.3 Å². The van der Waals surface area contributed by atoms with Crippen LogP contribution < -0.4 is 10.7 Å². The molecule has 0 amide bonds. The van der Waals surface area contributed by atoms with E-state index >= 15 is 0 Å². The average Bonchev–Trinajstić information content (AvgIpc) is 1.57. The molecule has 0 fully saturated rings. The molecule has 760 valence electrons. The van der Waals surface area contributed by atoms with Crippen LogP contribution in [-0.2, 0) is 16.2 Å². The van der Waals surface area contributed by atoms with Gasteiger partial charge in [0.2, 0.25) is 0 Å². The number of allylic oxidation sites excluding steroid dienone is 24. The molecule has 4 aliphatic carbocycles. The van der Waals surface area contributed by atoms with Gasteiger partial charge in [0, 0.05) is 105 Å². The standard InChI is InChI=1S/C34H40N4.3C33H36N4/c1-11-27-19(3)20(4)28(36-27)14-29-21(5)22(6)30(37-29)15-31-23(7)24(8)32(38-31)16-33-34(10)25(9)18(2)12-13-26(34)17-35-33;3*1-16-10-11-24-31-14-29-20(5)19(4)27(35-29)12-25-17(2)18(3)26(34-25)13-28-21(6)22(7)30(36-28)15-32(37-31)33(24,9)23(16)8/h11,13-17,37-38H,12H2,1-10H3;11-15,35-36H,10H2,1-9H3;2*10-15,23,35-36H,1-9H3/b27-11-,29-14?,30-15-,33-16-;;;. The number of aromatic amines is 8. The molecule has 16 heteroatoms. The number of hydrogen-bond donors (Lipinski definition) is 8. The van der Waals surface area contributed by atoms with Crippen molar-refractivity contribution in [1.29, 1.82) is 0 Å². The molecule has 0 saturated heterocycles. The Morgan fingerprint density at radius 3 is 0.933 bits per heavy atom. The van der Waals surface area contributed by atoms with E-state index in [-0.39, 0.29) is 21.7 Å². The number of aliphatic imine (C=N–C) groups is 2. The third-order valence-corrected chi connectivity index (χ3v) is 38.3. The molecule has 0 aromatic carbocycles. The first-order valence-corrected chi connectivity index (χ1v) is 53.4. The summed E-state index contributed by atoms with van der Waals surface area (Å²) in [7, 11) is 0. The number of fused-ring (bicyclic) bond motifs is 34. The number of hydrogen-bond acceptors (Lipinski definition) is 8. The second-order valence-corrected chi connectivity index (χ2v) is 45.5. The Hall–Kier alpha value is -14.6. The Kier molecular flexibility index (Phi) is 25.2. The minimum Gasteiger partial charge on any atom is -0.355 e. The zero-order valence-electron chi connectivity index (χ0n) is 94.9. The third-order valence-electron chi connectivity index (χ3n) is 38.3. The van der Waals surface area contributed by atoms with Gasteiger partial charge in [-0.2, -0.15) is 0 Å². The Labute approximate surface area is 879 Å². The lowest BCUT2D eigenvalue weighted by molar-refractivity contribution is 0.454. The summed E-state index contributed by atoms with van der Waals surface area (Å²) in [5.74, 6) is 0.705. The van der Waals surface area contributed by atoms with Gasteiger partial charge in [-0.1, -0.05) is 89.8 Å². The number of nitrogens with one attached hydrogen (secondary N) is 8. The van der Waals surface area contributed by atoms with Crippen LogP contribution >= 0.6 is 0 Å². The molecule has 0 spiro atoms. The number of rotatable bonds is 3. The van der Waals surface area contributed by atoms with Gasteiger partial charge in [-0.05, 0) is 514 Å². The molecule has 11 aromatic rings.